The van der Waals surface area contributed by atoms with Crippen LogP contribution in [0.3, 0.4) is 0 Å². The number of hydrogen-bond donors (Lipinski definition) is 1. The fourth-order valence-electron chi connectivity index (χ4n) is 2.42. The van der Waals surface area contributed by atoms with Crippen molar-refractivity contribution in [2.45, 2.75) is 26.1 Å². The Bertz CT molecular complexity index is 605. The van der Waals surface area contributed by atoms with Gasteiger partial charge in [0.2, 0.25) is 0 Å². The van der Waals surface area contributed by atoms with Gasteiger partial charge in [-0.05, 0) is 42.3 Å². The molecule has 0 aromatic heterocycles. The van der Waals surface area contributed by atoms with E-state index in [1.807, 2.05) is 38.1 Å². The Kier molecular flexibility index (Phi) is 4.68. The summed E-state index contributed by atoms with van der Waals surface area (Å²) in [7, 11) is 0. The lowest BCUT2D eigenvalue weighted by molar-refractivity contribution is -0.137. The molecule has 0 bridgehead atoms. The van der Waals surface area contributed by atoms with Crippen molar-refractivity contribution in [2.24, 2.45) is 0 Å². The molecule has 1 N–H and O–H groups in total. The molecular formula is C17H18F3N. The van der Waals surface area contributed by atoms with Gasteiger partial charge in [0.05, 0.1) is 5.56 Å². The molecule has 0 heterocycles. The number of benzene rings is 2. The molecule has 1 nitrogen and oxygen atoms in total. The van der Waals surface area contributed by atoms with Crippen LogP contribution in [0.15, 0.2) is 48.5 Å². The second-order valence-corrected chi connectivity index (χ2v) is 4.95. The van der Waals surface area contributed by atoms with Crippen LogP contribution in [0.4, 0.5) is 13.2 Å². The van der Waals surface area contributed by atoms with Crippen LogP contribution in [0.2, 0.25) is 0 Å². The Balaban J connectivity index is 2.47. The van der Waals surface area contributed by atoms with Crippen LogP contribution >= 0.6 is 0 Å². The summed E-state index contributed by atoms with van der Waals surface area (Å²) in [5.41, 5.74) is 1.80. The largest absolute Gasteiger partial charge is 0.416 e. The minimum atomic E-state index is -4.32. The van der Waals surface area contributed by atoms with E-state index in [1.54, 1.807) is 6.07 Å². The molecular weight excluding hydrogens is 275 g/mol. The summed E-state index contributed by atoms with van der Waals surface area (Å²) in [6, 6.07) is 13.1. The van der Waals surface area contributed by atoms with Crippen molar-refractivity contribution in [2.75, 3.05) is 6.54 Å². The summed E-state index contributed by atoms with van der Waals surface area (Å²) in [5.74, 6) is 0. The predicted molar refractivity (Wildman–Crippen MR) is 79.0 cm³/mol. The Morgan fingerprint density at radius 2 is 1.76 bits per heavy atom. The van der Waals surface area contributed by atoms with Gasteiger partial charge in [0.15, 0.2) is 0 Å². The lowest BCUT2D eigenvalue weighted by Gasteiger charge is -2.18. The fraction of sp³-hybridized carbons (Fsp3) is 0.294. The lowest BCUT2D eigenvalue weighted by Crippen LogP contribution is -2.18. The molecule has 0 aliphatic heterocycles. The van der Waals surface area contributed by atoms with Gasteiger partial charge in [0.1, 0.15) is 0 Å². The van der Waals surface area contributed by atoms with Crippen LogP contribution in [-0.2, 0) is 6.18 Å². The molecule has 21 heavy (non-hydrogen) atoms. The smallest absolute Gasteiger partial charge is 0.310 e. The van der Waals surface area contributed by atoms with Crippen LogP contribution in [0.1, 0.15) is 31.0 Å². The van der Waals surface area contributed by atoms with E-state index in [2.05, 4.69) is 5.32 Å². The van der Waals surface area contributed by atoms with E-state index < -0.39 is 11.7 Å². The van der Waals surface area contributed by atoms with Crippen molar-refractivity contribution in [3.05, 3.63) is 59.7 Å². The Morgan fingerprint density at radius 3 is 2.43 bits per heavy atom. The normalized spacial score (nSPS) is 13.2. The maximum atomic E-state index is 12.9. The zero-order chi connectivity index (χ0) is 15.5. The number of hydrogen-bond acceptors (Lipinski definition) is 1. The lowest BCUT2D eigenvalue weighted by atomic mass is 9.94. The molecule has 2 rings (SSSR count). The van der Waals surface area contributed by atoms with Crippen LogP contribution in [0.25, 0.3) is 11.1 Å². The third-order valence-electron chi connectivity index (χ3n) is 3.44. The second-order valence-electron chi connectivity index (χ2n) is 4.95. The van der Waals surface area contributed by atoms with Crippen LogP contribution in [0, 0.1) is 0 Å². The van der Waals surface area contributed by atoms with E-state index in [4.69, 9.17) is 0 Å². The highest BCUT2D eigenvalue weighted by Gasteiger charge is 2.30. The molecule has 0 amide bonds. The van der Waals surface area contributed by atoms with Crippen LogP contribution in [0.5, 0.6) is 0 Å². The molecule has 0 saturated heterocycles. The summed E-state index contributed by atoms with van der Waals surface area (Å²) in [6.07, 6.45) is -4.32. The van der Waals surface area contributed by atoms with Crippen molar-refractivity contribution in [3.63, 3.8) is 0 Å². The number of halogens is 3. The van der Waals surface area contributed by atoms with Crippen molar-refractivity contribution in [3.8, 4) is 11.1 Å². The first kappa shape index (κ1) is 15.6. The standard InChI is InChI=1S/C17H18F3N/c1-3-21-12(2)15-9-4-5-10-16(15)13-7-6-8-14(11-13)17(18,19)20/h4-12,21H,3H2,1-2H3. The van der Waals surface area contributed by atoms with E-state index in [-0.39, 0.29) is 6.04 Å². The van der Waals surface area contributed by atoms with Gasteiger partial charge in [-0.1, -0.05) is 43.3 Å². The van der Waals surface area contributed by atoms with E-state index in [0.717, 1.165) is 23.7 Å². The maximum absolute atomic E-state index is 12.9. The fourth-order valence-corrected chi connectivity index (χ4v) is 2.42. The summed E-state index contributed by atoms with van der Waals surface area (Å²) in [5, 5.41) is 3.29. The molecule has 2 aromatic rings. The number of rotatable bonds is 4. The average Bonchev–Trinajstić information content (AvgIpc) is 2.47. The molecule has 112 valence electrons. The van der Waals surface area contributed by atoms with Gasteiger partial charge < -0.3 is 5.32 Å². The van der Waals surface area contributed by atoms with Gasteiger partial charge in [-0.15, -0.1) is 0 Å². The molecule has 2 aromatic carbocycles. The number of nitrogens with one attached hydrogen (secondary N) is 1. The summed E-state index contributed by atoms with van der Waals surface area (Å²) in [6.45, 7) is 4.82. The average molecular weight is 293 g/mol. The third-order valence-corrected chi connectivity index (χ3v) is 3.44. The Labute approximate surface area is 122 Å². The summed E-state index contributed by atoms with van der Waals surface area (Å²) < 4.78 is 38.6. The van der Waals surface area contributed by atoms with Crippen molar-refractivity contribution >= 4 is 0 Å². The minimum Gasteiger partial charge on any atom is -0.310 e. The van der Waals surface area contributed by atoms with Crippen molar-refractivity contribution in [1.29, 1.82) is 0 Å². The monoisotopic (exact) mass is 293 g/mol. The van der Waals surface area contributed by atoms with Gasteiger partial charge in [0.25, 0.3) is 0 Å². The molecule has 0 fully saturated rings. The minimum absolute atomic E-state index is 0.0840. The molecule has 4 heteroatoms. The molecule has 0 radical (unpaired) electrons. The summed E-state index contributed by atoms with van der Waals surface area (Å²) >= 11 is 0. The Morgan fingerprint density at radius 1 is 1.05 bits per heavy atom. The maximum Gasteiger partial charge on any atom is 0.416 e. The van der Waals surface area contributed by atoms with Gasteiger partial charge in [-0.3, -0.25) is 0 Å². The highest BCUT2D eigenvalue weighted by atomic mass is 19.4. The highest BCUT2D eigenvalue weighted by Crippen LogP contribution is 2.34. The van der Waals surface area contributed by atoms with E-state index in [1.165, 1.54) is 12.1 Å². The Hall–Kier alpha value is -1.81. The van der Waals surface area contributed by atoms with E-state index >= 15 is 0 Å². The van der Waals surface area contributed by atoms with Crippen molar-refractivity contribution < 1.29 is 13.2 Å². The molecule has 0 saturated carbocycles. The van der Waals surface area contributed by atoms with Crippen LogP contribution < -0.4 is 5.32 Å². The highest BCUT2D eigenvalue weighted by molar-refractivity contribution is 5.68. The molecule has 1 atom stereocenters. The molecule has 0 spiro atoms. The quantitative estimate of drug-likeness (QED) is 0.832. The van der Waals surface area contributed by atoms with E-state index in [0.29, 0.717) is 5.56 Å². The molecule has 1 unspecified atom stereocenters. The number of alkyl halides is 3. The molecule has 0 aliphatic rings. The predicted octanol–water partition coefficient (Wildman–Crippen LogP) is 5.04. The van der Waals surface area contributed by atoms with Gasteiger partial charge in [-0.25, -0.2) is 0 Å². The van der Waals surface area contributed by atoms with E-state index in [9.17, 15) is 13.2 Å². The second kappa shape index (κ2) is 6.31. The zero-order valence-electron chi connectivity index (χ0n) is 12.0. The SMILES string of the molecule is CCNC(C)c1ccccc1-c1cccc(C(F)(F)F)c1. The summed E-state index contributed by atoms with van der Waals surface area (Å²) in [4.78, 5) is 0. The molecule has 0 aliphatic carbocycles. The van der Waals surface area contributed by atoms with Gasteiger partial charge in [0, 0.05) is 6.04 Å². The third kappa shape index (κ3) is 3.64. The van der Waals surface area contributed by atoms with Crippen LogP contribution in [-0.4, -0.2) is 6.54 Å². The topological polar surface area (TPSA) is 12.0 Å². The first-order valence-corrected chi connectivity index (χ1v) is 6.93. The van der Waals surface area contributed by atoms with Crippen molar-refractivity contribution in [1.82, 2.24) is 5.32 Å². The van der Waals surface area contributed by atoms with Gasteiger partial charge in [-0.2, -0.15) is 13.2 Å². The van der Waals surface area contributed by atoms with Gasteiger partial charge >= 0.3 is 6.18 Å². The first-order chi connectivity index (χ1) is 9.93. The first-order valence-electron chi connectivity index (χ1n) is 6.93. The zero-order valence-corrected chi connectivity index (χ0v) is 12.0.